The van der Waals surface area contributed by atoms with Gasteiger partial charge in [0.1, 0.15) is 6.61 Å². The van der Waals surface area contributed by atoms with Crippen LogP contribution in [-0.4, -0.2) is 24.4 Å². The maximum absolute atomic E-state index is 10.9. The van der Waals surface area contributed by atoms with Gasteiger partial charge in [0, 0.05) is 11.2 Å². The number of carboxylic acid groups (broad SMARTS) is 1. The largest absolute Gasteiger partial charge is 0.493 e. The van der Waals surface area contributed by atoms with Crippen LogP contribution in [-0.2, 0) is 13.2 Å². The van der Waals surface area contributed by atoms with Crippen LogP contribution in [0.3, 0.4) is 0 Å². The molecule has 0 aromatic heterocycles. The summed E-state index contributed by atoms with van der Waals surface area (Å²) in [5.74, 6) is -0.0122. The third kappa shape index (κ3) is 5.75. The summed E-state index contributed by atoms with van der Waals surface area (Å²) in [4.78, 5) is 15.3. The Balaban J connectivity index is 1.69. The summed E-state index contributed by atoms with van der Waals surface area (Å²) in [6.45, 7) is 0.712. The van der Waals surface area contributed by atoms with E-state index in [9.17, 15) is 4.79 Å². The lowest BCUT2D eigenvalue weighted by Crippen LogP contribution is -1.99. The maximum atomic E-state index is 10.9. The highest BCUT2D eigenvalue weighted by Gasteiger charge is 2.12. The second kappa shape index (κ2) is 10.1. The molecule has 154 valence electrons. The van der Waals surface area contributed by atoms with Gasteiger partial charge >= 0.3 is 5.97 Å². The minimum Gasteiger partial charge on any atom is -0.493 e. The summed E-state index contributed by atoms with van der Waals surface area (Å²) < 4.78 is 11.3. The quantitative estimate of drug-likeness (QED) is 0.440. The number of nitrogens with zero attached hydrogens (tertiary/aromatic N) is 1. The molecular formula is C23H19Cl2NO4. The van der Waals surface area contributed by atoms with E-state index in [1.807, 2.05) is 18.2 Å². The molecule has 0 radical (unpaired) electrons. The van der Waals surface area contributed by atoms with Crippen LogP contribution in [0.2, 0.25) is 10.0 Å². The van der Waals surface area contributed by atoms with Crippen molar-refractivity contribution in [1.29, 1.82) is 0 Å². The lowest BCUT2D eigenvalue weighted by Gasteiger charge is -2.13. The highest BCUT2D eigenvalue weighted by atomic mass is 35.5. The van der Waals surface area contributed by atoms with Crippen molar-refractivity contribution >= 4 is 35.4 Å². The molecular weight excluding hydrogens is 425 g/mol. The fourth-order valence-electron chi connectivity index (χ4n) is 2.75. The van der Waals surface area contributed by atoms with Gasteiger partial charge in [-0.15, -0.1) is 0 Å². The van der Waals surface area contributed by atoms with Crippen LogP contribution in [0, 0.1) is 0 Å². The zero-order valence-electron chi connectivity index (χ0n) is 16.1. The van der Waals surface area contributed by atoms with Crippen LogP contribution in [0.1, 0.15) is 27.0 Å². The van der Waals surface area contributed by atoms with Gasteiger partial charge in [0.25, 0.3) is 0 Å². The lowest BCUT2D eigenvalue weighted by atomic mass is 10.1. The summed E-state index contributed by atoms with van der Waals surface area (Å²) in [6, 6.07) is 17.5. The van der Waals surface area contributed by atoms with E-state index in [-0.39, 0.29) is 5.56 Å². The molecule has 3 rings (SSSR count). The van der Waals surface area contributed by atoms with Crippen molar-refractivity contribution in [3.8, 4) is 11.5 Å². The molecule has 7 heteroatoms. The Morgan fingerprint density at radius 3 is 2.50 bits per heavy atom. The number of aliphatic imine (C=N–C) groups is 1. The molecule has 3 aromatic rings. The smallest absolute Gasteiger partial charge is 0.335 e. The lowest BCUT2D eigenvalue weighted by molar-refractivity contribution is 0.0697. The van der Waals surface area contributed by atoms with Gasteiger partial charge in [-0.05, 0) is 53.1 Å². The van der Waals surface area contributed by atoms with Crippen molar-refractivity contribution in [2.45, 2.75) is 13.2 Å². The SMILES string of the molecule is COc1cc(/C=N/Cc2ccc(C(=O)O)cc2)cc(Cl)c1OCc1cccc(Cl)c1. The number of halogens is 2. The number of carbonyl (C=O) groups is 1. The molecule has 0 aliphatic heterocycles. The molecule has 30 heavy (non-hydrogen) atoms. The summed E-state index contributed by atoms with van der Waals surface area (Å²) in [5, 5.41) is 9.99. The number of aromatic carboxylic acids is 1. The molecule has 0 bridgehead atoms. The Labute approximate surface area is 184 Å². The molecule has 5 nitrogen and oxygen atoms in total. The van der Waals surface area contributed by atoms with Crippen LogP contribution in [0.25, 0.3) is 0 Å². The van der Waals surface area contributed by atoms with E-state index in [0.29, 0.717) is 34.7 Å². The van der Waals surface area contributed by atoms with E-state index >= 15 is 0 Å². The van der Waals surface area contributed by atoms with Crippen LogP contribution >= 0.6 is 23.2 Å². The molecule has 0 amide bonds. The van der Waals surface area contributed by atoms with E-state index in [4.69, 9.17) is 37.8 Å². The van der Waals surface area contributed by atoms with Gasteiger partial charge in [-0.1, -0.05) is 47.5 Å². The average Bonchev–Trinajstić information content (AvgIpc) is 2.73. The Morgan fingerprint density at radius 1 is 1.07 bits per heavy atom. The first kappa shape index (κ1) is 21.7. The van der Waals surface area contributed by atoms with Crippen molar-refractivity contribution in [2.24, 2.45) is 4.99 Å². The fraction of sp³-hybridized carbons (Fsp3) is 0.130. The second-order valence-electron chi connectivity index (χ2n) is 6.42. The van der Waals surface area contributed by atoms with E-state index in [1.165, 1.54) is 0 Å². The van der Waals surface area contributed by atoms with E-state index in [0.717, 1.165) is 16.7 Å². The summed E-state index contributed by atoms with van der Waals surface area (Å²) in [5.41, 5.74) is 2.82. The number of methoxy groups -OCH3 is 1. The zero-order chi connectivity index (χ0) is 21.5. The van der Waals surface area contributed by atoms with E-state index < -0.39 is 5.97 Å². The van der Waals surface area contributed by atoms with Gasteiger partial charge in [-0.2, -0.15) is 0 Å². The fourth-order valence-corrected chi connectivity index (χ4v) is 3.23. The zero-order valence-corrected chi connectivity index (χ0v) is 17.7. The minimum absolute atomic E-state index is 0.243. The number of rotatable bonds is 8. The van der Waals surface area contributed by atoms with Gasteiger partial charge in [-0.3, -0.25) is 4.99 Å². The van der Waals surface area contributed by atoms with E-state index in [1.54, 1.807) is 55.8 Å². The van der Waals surface area contributed by atoms with Crippen molar-refractivity contribution in [1.82, 2.24) is 0 Å². The monoisotopic (exact) mass is 443 g/mol. The highest BCUT2D eigenvalue weighted by molar-refractivity contribution is 6.32. The predicted octanol–water partition coefficient (Wildman–Crippen LogP) is 5.90. The third-order valence-electron chi connectivity index (χ3n) is 4.24. The molecule has 0 saturated heterocycles. The predicted molar refractivity (Wildman–Crippen MR) is 118 cm³/mol. The number of carboxylic acids is 1. The molecule has 0 fully saturated rings. The van der Waals surface area contributed by atoms with E-state index in [2.05, 4.69) is 4.99 Å². The molecule has 1 N–H and O–H groups in total. The van der Waals surface area contributed by atoms with Gasteiger partial charge in [0.2, 0.25) is 0 Å². The highest BCUT2D eigenvalue weighted by Crippen LogP contribution is 2.36. The number of hydrogen-bond donors (Lipinski definition) is 1. The van der Waals surface area contributed by atoms with Crippen molar-refractivity contribution < 1.29 is 19.4 Å². The normalized spacial score (nSPS) is 10.9. The Hall–Kier alpha value is -3.02. The maximum Gasteiger partial charge on any atom is 0.335 e. The molecule has 0 aliphatic carbocycles. The summed E-state index contributed by atoms with van der Waals surface area (Å²) in [7, 11) is 1.54. The second-order valence-corrected chi connectivity index (χ2v) is 7.27. The Bertz CT molecular complexity index is 1070. The third-order valence-corrected chi connectivity index (χ3v) is 4.75. The number of ether oxygens (including phenoxy) is 2. The topological polar surface area (TPSA) is 68.1 Å². The summed E-state index contributed by atoms with van der Waals surface area (Å²) in [6.07, 6.45) is 1.68. The van der Waals surface area contributed by atoms with Crippen molar-refractivity contribution in [3.63, 3.8) is 0 Å². The Kier molecular flexibility index (Phi) is 7.33. The van der Waals surface area contributed by atoms with Gasteiger partial charge < -0.3 is 14.6 Å². The van der Waals surface area contributed by atoms with Crippen LogP contribution in [0.5, 0.6) is 11.5 Å². The molecule has 0 heterocycles. The van der Waals surface area contributed by atoms with Crippen LogP contribution < -0.4 is 9.47 Å². The Morgan fingerprint density at radius 2 is 1.83 bits per heavy atom. The molecule has 0 saturated carbocycles. The first-order chi connectivity index (χ1) is 14.5. The number of benzene rings is 3. The first-order valence-electron chi connectivity index (χ1n) is 9.03. The minimum atomic E-state index is -0.954. The van der Waals surface area contributed by atoms with Crippen molar-refractivity contribution in [2.75, 3.05) is 7.11 Å². The molecule has 3 aromatic carbocycles. The molecule has 0 atom stereocenters. The molecule has 0 unspecified atom stereocenters. The van der Waals surface area contributed by atoms with Gasteiger partial charge in [-0.25, -0.2) is 4.79 Å². The summed E-state index contributed by atoms with van der Waals surface area (Å²) >= 11 is 12.4. The van der Waals surface area contributed by atoms with Gasteiger partial charge in [0.05, 0.1) is 24.2 Å². The molecule has 0 aliphatic rings. The van der Waals surface area contributed by atoms with Crippen LogP contribution in [0.15, 0.2) is 65.7 Å². The molecule has 0 spiro atoms. The van der Waals surface area contributed by atoms with Gasteiger partial charge in [0.15, 0.2) is 11.5 Å². The van der Waals surface area contributed by atoms with Crippen molar-refractivity contribution in [3.05, 3.63) is 93.0 Å². The first-order valence-corrected chi connectivity index (χ1v) is 9.78. The standard InChI is InChI=1S/C23H19Cl2NO4/c1-29-21-11-17(13-26-12-15-5-7-18(8-6-15)23(27)28)10-20(25)22(21)30-14-16-3-2-4-19(24)9-16/h2-11,13H,12,14H2,1H3,(H,27,28)/b26-13+. The number of hydrogen-bond acceptors (Lipinski definition) is 4. The van der Waals surface area contributed by atoms with Crippen LogP contribution in [0.4, 0.5) is 0 Å². The average molecular weight is 444 g/mol.